The van der Waals surface area contributed by atoms with E-state index in [1.807, 2.05) is 0 Å². The molecule has 0 fully saturated rings. The Bertz CT molecular complexity index is 1450. The molecule has 168 valence electrons. The van der Waals surface area contributed by atoms with Gasteiger partial charge in [-0.2, -0.15) is 0 Å². The highest BCUT2D eigenvalue weighted by molar-refractivity contribution is 9.10. The van der Waals surface area contributed by atoms with Crippen molar-refractivity contribution in [3.63, 3.8) is 0 Å². The lowest BCUT2D eigenvalue weighted by atomic mass is 10.2. The predicted octanol–water partition coefficient (Wildman–Crippen LogP) is 7.51. The van der Waals surface area contributed by atoms with Crippen LogP contribution >= 0.6 is 27.7 Å². The molecule has 0 unspecified atom stereocenters. The Morgan fingerprint density at radius 1 is 0.794 bits per heavy atom. The first kappa shape index (κ1) is 21.7. The summed E-state index contributed by atoms with van der Waals surface area (Å²) >= 11 is 5.42. The Morgan fingerprint density at radius 3 is 2.26 bits per heavy atom. The molecule has 3 heterocycles. The SMILES string of the molecule is Brc1ccc2c(c1)c(Sc1cc3c(cn1)CN(Cc1ccccc1)C3)cn2Cc1ccccc1. The maximum Gasteiger partial charge on any atom is 0.101 e. The maximum atomic E-state index is 4.82. The number of aromatic nitrogens is 2. The fraction of sp³-hybridized carbons (Fsp3) is 0.138. The van der Waals surface area contributed by atoms with Crippen LogP contribution in [0.25, 0.3) is 10.9 Å². The predicted molar refractivity (Wildman–Crippen MR) is 143 cm³/mol. The first-order valence-electron chi connectivity index (χ1n) is 11.5. The third-order valence-electron chi connectivity index (χ3n) is 6.31. The molecule has 1 aliphatic rings. The number of hydrogen-bond acceptors (Lipinski definition) is 3. The highest BCUT2D eigenvalue weighted by atomic mass is 79.9. The van der Waals surface area contributed by atoms with Crippen molar-refractivity contribution in [2.45, 2.75) is 36.1 Å². The molecule has 5 aromatic rings. The van der Waals surface area contributed by atoms with E-state index in [-0.39, 0.29) is 0 Å². The van der Waals surface area contributed by atoms with Crippen molar-refractivity contribution >= 4 is 38.6 Å². The van der Waals surface area contributed by atoms with Gasteiger partial charge in [0.25, 0.3) is 0 Å². The normalized spacial score (nSPS) is 13.4. The third kappa shape index (κ3) is 4.56. The van der Waals surface area contributed by atoms with Crippen molar-refractivity contribution in [3.05, 3.63) is 124 Å². The van der Waals surface area contributed by atoms with E-state index in [4.69, 9.17) is 4.98 Å². The minimum atomic E-state index is 0.853. The zero-order chi connectivity index (χ0) is 22.9. The van der Waals surface area contributed by atoms with Crippen LogP contribution in [0.5, 0.6) is 0 Å². The standard InChI is InChI=1S/C29H24BrN3S/c30-25-11-12-27-26(14-25)28(20-33(27)17-22-9-5-2-6-10-22)34-29-13-23-18-32(19-24(23)15-31-29)16-21-7-3-1-4-8-21/h1-15,20H,16-19H2. The van der Waals surface area contributed by atoms with Gasteiger partial charge in [-0.25, -0.2) is 4.98 Å². The van der Waals surface area contributed by atoms with E-state index >= 15 is 0 Å². The average molecular weight is 527 g/mol. The van der Waals surface area contributed by atoms with Gasteiger partial charge >= 0.3 is 0 Å². The van der Waals surface area contributed by atoms with E-state index in [2.05, 4.69) is 123 Å². The molecule has 0 saturated carbocycles. The van der Waals surface area contributed by atoms with Gasteiger partial charge in [0.2, 0.25) is 0 Å². The average Bonchev–Trinajstić information content (AvgIpc) is 3.40. The largest absolute Gasteiger partial charge is 0.342 e. The number of rotatable bonds is 6. The summed E-state index contributed by atoms with van der Waals surface area (Å²) in [5.74, 6) is 0. The summed E-state index contributed by atoms with van der Waals surface area (Å²) in [5, 5.41) is 2.31. The minimum absolute atomic E-state index is 0.853. The van der Waals surface area contributed by atoms with Crippen molar-refractivity contribution in [1.29, 1.82) is 0 Å². The van der Waals surface area contributed by atoms with E-state index in [1.54, 1.807) is 11.8 Å². The molecular formula is C29H24BrN3S. The lowest BCUT2D eigenvalue weighted by Crippen LogP contribution is -2.15. The molecule has 2 aromatic heterocycles. The summed E-state index contributed by atoms with van der Waals surface area (Å²) in [6.07, 6.45) is 4.34. The molecule has 0 spiro atoms. The van der Waals surface area contributed by atoms with Crippen LogP contribution in [0.1, 0.15) is 22.3 Å². The topological polar surface area (TPSA) is 21.1 Å². The number of pyridine rings is 1. The molecule has 1 aliphatic heterocycles. The molecule has 34 heavy (non-hydrogen) atoms. The smallest absolute Gasteiger partial charge is 0.101 e. The van der Waals surface area contributed by atoms with Gasteiger partial charge < -0.3 is 4.57 Å². The number of nitrogens with zero attached hydrogens (tertiary/aromatic N) is 3. The Hall–Kier alpha value is -2.86. The van der Waals surface area contributed by atoms with Crippen molar-refractivity contribution < 1.29 is 0 Å². The summed E-state index contributed by atoms with van der Waals surface area (Å²) in [4.78, 5) is 8.55. The summed E-state index contributed by atoms with van der Waals surface area (Å²) in [7, 11) is 0. The van der Waals surface area contributed by atoms with E-state index in [9.17, 15) is 0 Å². The Kier molecular flexibility index (Phi) is 6.00. The number of hydrogen-bond donors (Lipinski definition) is 0. The van der Waals surface area contributed by atoms with E-state index < -0.39 is 0 Å². The van der Waals surface area contributed by atoms with E-state index in [0.29, 0.717) is 0 Å². The lowest BCUT2D eigenvalue weighted by Gasteiger charge is -2.14. The molecule has 0 N–H and O–H groups in total. The van der Waals surface area contributed by atoms with E-state index in [0.717, 1.165) is 35.7 Å². The van der Waals surface area contributed by atoms with Gasteiger partial charge in [-0.1, -0.05) is 88.4 Å². The van der Waals surface area contributed by atoms with Gasteiger partial charge in [-0.15, -0.1) is 0 Å². The first-order chi connectivity index (χ1) is 16.7. The fourth-order valence-electron chi connectivity index (χ4n) is 4.68. The third-order valence-corrected chi connectivity index (χ3v) is 7.78. The van der Waals surface area contributed by atoms with Gasteiger partial charge in [-0.3, -0.25) is 4.90 Å². The quantitative estimate of drug-likeness (QED) is 0.228. The molecule has 0 radical (unpaired) electrons. The molecular weight excluding hydrogens is 502 g/mol. The highest BCUT2D eigenvalue weighted by Crippen LogP contribution is 2.37. The minimum Gasteiger partial charge on any atom is -0.342 e. The molecule has 0 amide bonds. The summed E-state index contributed by atoms with van der Waals surface area (Å²) in [6.45, 7) is 3.76. The molecule has 0 atom stereocenters. The Morgan fingerprint density at radius 2 is 1.50 bits per heavy atom. The van der Waals surface area contributed by atoms with Crippen molar-refractivity contribution in [3.8, 4) is 0 Å². The summed E-state index contributed by atoms with van der Waals surface area (Å²) in [5.41, 5.74) is 6.63. The Labute approximate surface area is 212 Å². The van der Waals surface area contributed by atoms with Crippen LogP contribution in [-0.4, -0.2) is 14.5 Å². The van der Waals surface area contributed by atoms with Crippen LogP contribution in [0, 0.1) is 0 Å². The monoisotopic (exact) mass is 525 g/mol. The second-order valence-electron chi connectivity index (χ2n) is 8.79. The van der Waals surface area contributed by atoms with Crippen LogP contribution < -0.4 is 0 Å². The molecule has 3 nitrogen and oxygen atoms in total. The molecule has 5 heteroatoms. The maximum absolute atomic E-state index is 4.82. The molecule has 0 bridgehead atoms. The molecule has 0 aliphatic carbocycles. The summed E-state index contributed by atoms with van der Waals surface area (Å²) in [6, 6.07) is 30.1. The highest BCUT2D eigenvalue weighted by Gasteiger charge is 2.21. The van der Waals surface area contributed by atoms with Crippen molar-refractivity contribution in [2.24, 2.45) is 0 Å². The van der Waals surface area contributed by atoms with Crippen LogP contribution in [0.4, 0.5) is 0 Å². The number of benzene rings is 3. The molecule has 6 rings (SSSR count). The van der Waals surface area contributed by atoms with Gasteiger partial charge in [0.05, 0.1) is 0 Å². The van der Waals surface area contributed by atoms with Gasteiger partial charge in [-0.05, 0) is 46.5 Å². The van der Waals surface area contributed by atoms with Gasteiger partial charge in [0.1, 0.15) is 5.03 Å². The summed E-state index contributed by atoms with van der Waals surface area (Å²) < 4.78 is 3.44. The second-order valence-corrected chi connectivity index (χ2v) is 10.8. The molecule has 0 saturated heterocycles. The van der Waals surface area contributed by atoms with Crippen LogP contribution in [0.3, 0.4) is 0 Å². The van der Waals surface area contributed by atoms with Crippen LogP contribution in [0.2, 0.25) is 0 Å². The fourth-order valence-corrected chi connectivity index (χ4v) is 6.03. The number of halogens is 1. The molecule has 3 aromatic carbocycles. The van der Waals surface area contributed by atoms with Crippen molar-refractivity contribution in [1.82, 2.24) is 14.5 Å². The van der Waals surface area contributed by atoms with Gasteiger partial charge in [0, 0.05) is 58.8 Å². The first-order valence-corrected chi connectivity index (χ1v) is 13.1. The van der Waals surface area contributed by atoms with Crippen LogP contribution in [0.15, 0.2) is 112 Å². The van der Waals surface area contributed by atoms with Gasteiger partial charge in [0.15, 0.2) is 0 Å². The zero-order valence-electron chi connectivity index (χ0n) is 18.7. The zero-order valence-corrected chi connectivity index (χ0v) is 21.1. The lowest BCUT2D eigenvalue weighted by molar-refractivity contribution is 0.275. The number of fused-ring (bicyclic) bond motifs is 2. The van der Waals surface area contributed by atoms with Crippen LogP contribution in [-0.2, 0) is 26.2 Å². The van der Waals surface area contributed by atoms with E-state index in [1.165, 1.54) is 38.1 Å². The second kappa shape index (κ2) is 9.41. The van der Waals surface area contributed by atoms with Crippen molar-refractivity contribution in [2.75, 3.05) is 0 Å². The Balaban J connectivity index is 1.26.